The number of imide groups is 1. The lowest BCUT2D eigenvalue weighted by molar-refractivity contribution is -0.384. The lowest BCUT2D eigenvalue weighted by Crippen LogP contribution is -2.34. The van der Waals surface area contributed by atoms with Crippen molar-refractivity contribution in [1.82, 2.24) is 4.90 Å². The van der Waals surface area contributed by atoms with Gasteiger partial charge < -0.3 is 0 Å². The van der Waals surface area contributed by atoms with Crippen LogP contribution in [0.1, 0.15) is 15.9 Å². The number of rotatable bonds is 4. The molecule has 6 nitrogen and oxygen atoms in total. The van der Waals surface area contributed by atoms with Crippen molar-refractivity contribution in [3.63, 3.8) is 0 Å². The number of benzene rings is 2. The summed E-state index contributed by atoms with van der Waals surface area (Å²) in [6.07, 6.45) is 5.13. The van der Waals surface area contributed by atoms with E-state index in [0.717, 1.165) is 28.3 Å². The molecule has 8 heteroatoms. The van der Waals surface area contributed by atoms with Gasteiger partial charge in [0, 0.05) is 17.7 Å². The molecule has 2 aromatic rings. The van der Waals surface area contributed by atoms with Crippen molar-refractivity contribution in [2.24, 2.45) is 0 Å². The number of nitrogens with zero attached hydrogens (tertiary/aromatic N) is 2. The van der Waals surface area contributed by atoms with Crippen molar-refractivity contribution in [2.75, 3.05) is 0 Å². The molecule has 0 bridgehead atoms. The van der Waals surface area contributed by atoms with E-state index in [0.29, 0.717) is 4.91 Å². The molecule has 0 saturated carbocycles. The van der Waals surface area contributed by atoms with Gasteiger partial charge >= 0.3 is 0 Å². The van der Waals surface area contributed by atoms with E-state index in [9.17, 15) is 19.7 Å². The maximum Gasteiger partial charge on any atom is 0.273 e. The highest BCUT2D eigenvalue weighted by Gasteiger charge is 2.37. The first-order chi connectivity index (χ1) is 13.0. The van der Waals surface area contributed by atoms with Crippen molar-refractivity contribution in [3.05, 3.63) is 92.9 Å². The highest BCUT2D eigenvalue weighted by Crippen LogP contribution is 2.32. The highest BCUT2D eigenvalue weighted by molar-refractivity contribution is 8.26. The van der Waals surface area contributed by atoms with Crippen LogP contribution in [0.15, 0.2) is 71.7 Å². The number of thioether (sulfide) groups is 1. The number of non-ortho nitro benzene ring substituents is 1. The minimum Gasteiger partial charge on any atom is -0.268 e. The fourth-order valence-corrected chi connectivity index (χ4v) is 3.55. The smallest absolute Gasteiger partial charge is 0.268 e. The van der Waals surface area contributed by atoms with Gasteiger partial charge in [-0.1, -0.05) is 72.5 Å². The highest BCUT2D eigenvalue weighted by atomic mass is 32.2. The lowest BCUT2D eigenvalue weighted by Gasteiger charge is -2.12. The van der Waals surface area contributed by atoms with E-state index in [1.54, 1.807) is 12.2 Å². The number of carbonyl (C=O) groups excluding carboxylic acids is 2. The van der Waals surface area contributed by atoms with Crippen molar-refractivity contribution in [2.45, 2.75) is 0 Å². The fourth-order valence-electron chi connectivity index (χ4n) is 2.35. The van der Waals surface area contributed by atoms with E-state index < -0.39 is 16.7 Å². The van der Waals surface area contributed by atoms with Gasteiger partial charge in [-0.15, -0.1) is 0 Å². The maximum absolute atomic E-state index is 12.6. The van der Waals surface area contributed by atoms with E-state index in [1.165, 1.54) is 18.2 Å². The van der Waals surface area contributed by atoms with Crippen LogP contribution in [0.25, 0.3) is 6.08 Å². The van der Waals surface area contributed by atoms with Crippen LogP contribution in [0.2, 0.25) is 0 Å². The molecule has 27 heavy (non-hydrogen) atoms. The molecule has 0 spiro atoms. The topological polar surface area (TPSA) is 80.5 Å². The summed E-state index contributed by atoms with van der Waals surface area (Å²) in [6.45, 7) is 0. The van der Waals surface area contributed by atoms with Crippen LogP contribution in [0.3, 0.4) is 0 Å². The van der Waals surface area contributed by atoms with E-state index in [2.05, 4.69) is 0 Å². The fraction of sp³-hybridized carbons (Fsp3) is 0. The Morgan fingerprint density at radius 3 is 2.59 bits per heavy atom. The molecule has 0 aliphatic carbocycles. The zero-order chi connectivity index (χ0) is 19.4. The average molecular weight is 396 g/mol. The normalized spacial score (nSPS) is 15.7. The van der Waals surface area contributed by atoms with Gasteiger partial charge in [0.05, 0.1) is 9.83 Å². The second-order valence-electron chi connectivity index (χ2n) is 5.42. The van der Waals surface area contributed by atoms with Gasteiger partial charge in [-0.05, 0) is 17.7 Å². The van der Waals surface area contributed by atoms with Crippen LogP contribution >= 0.6 is 24.0 Å². The first kappa shape index (κ1) is 18.7. The summed E-state index contributed by atoms with van der Waals surface area (Å²) in [6, 6.07) is 14.7. The van der Waals surface area contributed by atoms with Gasteiger partial charge in [-0.3, -0.25) is 19.7 Å². The number of carbonyl (C=O) groups is 2. The Hall–Kier alpha value is -3.10. The van der Waals surface area contributed by atoms with Gasteiger partial charge in [0.25, 0.3) is 17.5 Å². The average Bonchev–Trinajstić information content (AvgIpc) is 2.95. The molecule has 1 fully saturated rings. The van der Waals surface area contributed by atoms with Crippen molar-refractivity contribution in [3.8, 4) is 0 Å². The third kappa shape index (κ3) is 4.18. The SMILES string of the molecule is O=C1/C(=C\C=C\c2ccccc2)SC(=S)N1C(=O)c1cccc([N+](=O)[O-])c1. The zero-order valence-electron chi connectivity index (χ0n) is 13.8. The summed E-state index contributed by atoms with van der Waals surface area (Å²) < 4.78 is 0.0934. The minimum absolute atomic E-state index is 0.0292. The number of thiocarbonyl (C=S) groups is 1. The van der Waals surface area contributed by atoms with E-state index in [4.69, 9.17) is 12.2 Å². The van der Waals surface area contributed by atoms with Gasteiger partial charge in [-0.2, -0.15) is 0 Å². The molecule has 134 valence electrons. The third-order valence-electron chi connectivity index (χ3n) is 3.64. The summed E-state index contributed by atoms with van der Waals surface area (Å²) in [7, 11) is 0. The molecule has 0 aromatic heterocycles. The molecule has 1 aliphatic rings. The maximum atomic E-state index is 12.6. The summed E-state index contributed by atoms with van der Waals surface area (Å²) in [4.78, 5) is 36.6. The molecule has 2 aromatic carbocycles. The molecular formula is C19H12N2O4S2. The third-order valence-corrected chi connectivity index (χ3v) is 4.96. The molecule has 0 N–H and O–H groups in total. The van der Waals surface area contributed by atoms with Crippen molar-refractivity contribution < 1.29 is 14.5 Å². The van der Waals surface area contributed by atoms with Crippen LogP contribution in [0, 0.1) is 10.1 Å². The largest absolute Gasteiger partial charge is 0.273 e. The zero-order valence-corrected chi connectivity index (χ0v) is 15.4. The Kier molecular flexibility index (Phi) is 5.58. The molecule has 1 heterocycles. The molecular weight excluding hydrogens is 384 g/mol. The number of nitro groups is 1. The van der Waals surface area contributed by atoms with Crippen LogP contribution in [0.5, 0.6) is 0 Å². The second-order valence-corrected chi connectivity index (χ2v) is 7.10. The van der Waals surface area contributed by atoms with Crippen LogP contribution in [-0.4, -0.2) is 26.0 Å². The van der Waals surface area contributed by atoms with Crippen LogP contribution in [-0.2, 0) is 4.79 Å². The number of amides is 2. The molecule has 2 amide bonds. The monoisotopic (exact) mass is 396 g/mol. The first-order valence-corrected chi connectivity index (χ1v) is 8.98. The second kappa shape index (κ2) is 8.07. The molecule has 0 atom stereocenters. The summed E-state index contributed by atoms with van der Waals surface area (Å²) in [5.74, 6) is -1.23. The predicted molar refractivity (Wildman–Crippen MR) is 108 cm³/mol. The molecule has 3 rings (SSSR count). The van der Waals surface area contributed by atoms with Gasteiger partial charge in [-0.25, -0.2) is 4.90 Å². The number of hydrogen-bond donors (Lipinski definition) is 0. The minimum atomic E-state index is -0.684. The van der Waals surface area contributed by atoms with Crippen LogP contribution < -0.4 is 0 Å². The van der Waals surface area contributed by atoms with Crippen molar-refractivity contribution in [1.29, 1.82) is 0 Å². The molecule has 1 aliphatic heterocycles. The summed E-state index contributed by atoms with van der Waals surface area (Å²) in [5, 5.41) is 10.9. The molecule has 0 radical (unpaired) electrons. The molecule has 0 unspecified atom stereocenters. The summed E-state index contributed by atoms with van der Waals surface area (Å²) >= 11 is 6.16. The van der Waals surface area contributed by atoms with Crippen molar-refractivity contribution >= 4 is 51.9 Å². The van der Waals surface area contributed by atoms with E-state index >= 15 is 0 Å². The lowest BCUT2D eigenvalue weighted by atomic mass is 10.2. The van der Waals surface area contributed by atoms with Crippen LogP contribution in [0.4, 0.5) is 5.69 Å². The summed E-state index contributed by atoms with van der Waals surface area (Å²) in [5.41, 5.74) is 0.770. The van der Waals surface area contributed by atoms with Gasteiger partial charge in [0.15, 0.2) is 4.32 Å². The number of allylic oxidation sites excluding steroid dienone is 2. The predicted octanol–water partition coefficient (Wildman–Crippen LogP) is 4.19. The Morgan fingerprint density at radius 1 is 1.15 bits per heavy atom. The Labute approximate surface area is 164 Å². The first-order valence-electron chi connectivity index (χ1n) is 7.76. The molecule has 1 saturated heterocycles. The van der Waals surface area contributed by atoms with Gasteiger partial charge in [0.1, 0.15) is 0 Å². The van der Waals surface area contributed by atoms with Gasteiger partial charge in [0.2, 0.25) is 0 Å². The van der Waals surface area contributed by atoms with E-state index in [-0.39, 0.29) is 15.6 Å². The number of nitro benzene ring substituents is 1. The Bertz CT molecular complexity index is 1000. The quantitative estimate of drug-likeness (QED) is 0.253. The van der Waals surface area contributed by atoms with E-state index in [1.807, 2.05) is 36.4 Å². The Morgan fingerprint density at radius 2 is 1.89 bits per heavy atom. The standard InChI is InChI=1S/C19H12N2O4S2/c22-17(14-9-5-10-15(12-14)21(24)25)20-18(23)16(27-19(20)26)11-4-8-13-6-2-1-3-7-13/h1-12H/b8-4+,16-11+. The number of hydrogen-bond acceptors (Lipinski definition) is 6. The Balaban J connectivity index is 1.80.